The number of carbonyl (C=O) groups is 1. The van der Waals surface area contributed by atoms with Crippen molar-refractivity contribution in [3.63, 3.8) is 0 Å². The Balaban J connectivity index is 1.30. The van der Waals surface area contributed by atoms with Crippen LogP contribution in [0.1, 0.15) is 47.3 Å². The largest absolute Gasteiger partial charge is 0.489 e. The number of fused-ring (bicyclic) bond motifs is 1. The van der Waals surface area contributed by atoms with Crippen LogP contribution in [-0.4, -0.2) is 21.2 Å². The zero-order valence-corrected chi connectivity index (χ0v) is 22.8. The molecule has 0 saturated heterocycles. The molecule has 0 atom stereocenters. The number of aromatic carboxylic acids is 1. The van der Waals surface area contributed by atoms with Gasteiger partial charge in [0.1, 0.15) is 29.5 Å². The number of carboxylic acids is 1. The van der Waals surface area contributed by atoms with Crippen LogP contribution in [-0.2, 0) is 13.2 Å². The van der Waals surface area contributed by atoms with Crippen LogP contribution in [0.5, 0.6) is 5.75 Å². The molecule has 0 spiro atoms. The minimum atomic E-state index is -1.04. The van der Waals surface area contributed by atoms with E-state index in [1.807, 2.05) is 56.3 Å². The van der Waals surface area contributed by atoms with Gasteiger partial charge in [-0.15, -0.1) is 0 Å². The van der Waals surface area contributed by atoms with Gasteiger partial charge in [0.2, 0.25) is 0 Å². The molecule has 39 heavy (non-hydrogen) atoms. The average Bonchev–Trinajstić information content (AvgIpc) is 3.34. The number of anilines is 1. The maximum absolute atomic E-state index is 11.2. The minimum Gasteiger partial charge on any atom is -0.489 e. The first-order valence-corrected chi connectivity index (χ1v) is 13.1. The van der Waals surface area contributed by atoms with Gasteiger partial charge in [0, 0.05) is 11.3 Å². The number of para-hydroxylation sites is 1. The summed E-state index contributed by atoms with van der Waals surface area (Å²) in [6, 6.07) is 22.1. The normalized spacial score (nSPS) is 11.2. The Hall–Kier alpha value is -4.07. The van der Waals surface area contributed by atoms with Crippen molar-refractivity contribution < 1.29 is 19.2 Å². The van der Waals surface area contributed by atoms with E-state index in [4.69, 9.17) is 37.6 Å². The van der Waals surface area contributed by atoms with Crippen LogP contribution >= 0.6 is 23.2 Å². The number of hydrogen-bond acceptors (Lipinski definition) is 6. The van der Waals surface area contributed by atoms with Gasteiger partial charge in [0.15, 0.2) is 0 Å². The number of ether oxygens (including phenoxy) is 1. The number of nitrogens with zero attached hydrogens (tertiary/aromatic N) is 2. The fraction of sp³-hybridized carbons (Fsp3) is 0.167. The van der Waals surface area contributed by atoms with Gasteiger partial charge in [-0.3, -0.25) is 0 Å². The van der Waals surface area contributed by atoms with E-state index < -0.39 is 5.97 Å². The monoisotopic (exact) mass is 561 g/mol. The van der Waals surface area contributed by atoms with Crippen molar-refractivity contribution in [1.29, 1.82) is 0 Å². The molecule has 2 N–H and O–H groups in total. The third-order valence-electron chi connectivity index (χ3n) is 6.30. The summed E-state index contributed by atoms with van der Waals surface area (Å²) in [4.78, 5) is 15.4. The molecular formula is C30H25Cl2N3O4. The highest BCUT2D eigenvalue weighted by Crippen LogP contribution is 2.32. The molecule has 7 nitrogen and oxygen atoms in total. The van der Waals surface area contributed by atoms with Gasteiger partial charge in [-0.05, 0) is 53.6 Å². The molecule has 0 fully saturated rings. The third kappa shape index (κ3) is 5.85. The summed E-state index contributed by atoms with van der Waals surface area (Å²) in [5.74, 6) is 0.558. The Kier molecular flexibility index (Phi) is 7.72. The Morgan fingerprint density at radius 2 is 1.72 bits per heavy atom. The van der Waals surface area contributed by atoms with Gasteiger partial charge in [-0.25, -0.2) is 9.78 Å². The van der Waals surface area contributed by atoms with Crippen LogP contribution < -0.4 is 10.1 Å². The van der Waals surface area contributed by atoms with Crippen molar-refractivity contribution in [3.8, 4) is 16.9 Å². The maximum atomic E-state index is 11.2. The number of aromatic nitrogens is 2. The molecule has 2 aromatic heterocycles. The molecule has 0 aliphatic rings. The molecule has 0 aliphatic carbocycles. The SMILES string of the molecule is CC(C)c1onc(CNc2c(Cl)cccc2Cl)c1COc1ccc(-c2ccc3nc(C(=O)O)ccc3c2)cc1. The predicted octanol–water partition coefficient (Wildman–Crippen LogP) is 8.21. The molecule has 0 aliphatic heterocycles. The van der Waals surface area contributed by atoms with Crippen LogP contribution in [0.4, 0.5) is 5.69 Å². The second kappa shape index (κ2) is 11.4. The zero-order valence-electron chi connectivity index (χ0n) is 21.2. The molecule has 5 rings (SSSR count). The summed E-state index contributed by atoms with van der Waals surface area (Å²) in [6.07, 6.45) is 0. The smallest absolute Gasteiger partial charge is 0.354 e. The second-order valence-corrected chi connectivity index (χ2v) is 10.1. The summed E-state index contributed by atoms with van der Waals surface area (Å²) >= 11 is 12.6. The van der Waals surface area contributed by atoms with E-state index in [0.29, 0.717) is 33.5 Å². The fourth-order valence-electron chi connectivity index (χ4n) is 4.27. The Labute approximate surface area is 235 Å². The van der Waals surface area contributed by atoms with Crippen molar-refractivity contribution in [1.82, 2.24) is 10.1 Å². The van der Waals surface area contributed by atoms with E-state index in [0.717, 1.165) is 33.5 Å². The molecule has 198 valence electrons. The van der Waals surface area contributed by atoms with E-state index in [9.17, 15) is 4.79 Å². The highest BCUT2D eigenvalue weighted by Gasteiger charge is 2.20. The van der Waals surface area contributed by atoms with E-state index >= 15 is 0 Å². The molecule has 0 bridgehead atoms. The first-order valence-electron chi connectivity index (χ1n) is 12.3. The lowest BCUT2D eigenvalue weighted by molar-refractivity contribution is 0.0691. The summed E-state index contributed by atoms with van der Waals surface area (Å²) < 4.78 is 11.8. The van der Waals surface area contributed by atoms with Crippen molar-refractivity contribution in [3.05, 3.63) is 106 Å². The standard InChI is InChI=1S/C30H25Cl2N3O4/c1-17(2)29-22(27(35-39-29)15-33-28-23(31)4-3-5-24(28)32)16-38-21-10-6-18(7-11-21)19-8-12-25-20(14-19)9-13-26(34-25)30(36)37/h3-14,17,33H,15-16H2,1-2H3,(H,36,37). The molecule has 9 heteroatoms. The lowest BCUT2D eigenvalue weighted by Gasteiger charge is -2.12. The number of rotatable bonds is 9. The van der Waals surface area contributed by atoms with E-state index in [2.05, 4.69) is 15.5 Å². The van der Waals surface area contributed by atoms with Crippen LogP contribution in [0.25, 0.3) is 22.0 Å². The third-order valence-corrected chi connectivity index (χ3v) is 6.93. The predicted molar refractivity (Wildman–Crippen MR) is 153 cm³/mol. The molecule has 0 saturated carbocycles. The first kappa shape index (κ1) is 26.5. The van der Waals surface area contributed by atoms with Gasteiger partial charge in [-0.2, -0.15) is 0 Å². The highest BCUT2D eigenvalue weighted by atomic mass is 35.5. The van der Waals surface area contributed by atoms with Crippen molar-refractivity contribution >= 4 is 45.8 Å². The molecule has 0 unspecified atom stereocenters. The average molecular weight is 562 g/mol. The van der Waals surface area contributed by atoms with Crippen LogP contribution in [0.2, 0.25) is 10.0 Å². The number of benzene rings is 3. The number of hydrogen-bond donors (Lipinski definition) is 2. The minimum absolute atomic E-state index is 0.0248. The lowest BCUT2D eigenvalue weighted by Crippen LogP contribution is -2.07. The van der Waals surface area contributed by atoms with Crippen molar-refractivity contribution in [2.45, 2.75) is 32.9 Å². The van der Waals surface area contributed by atoms with Crippen LogP contribution in [0.3, 0.4) is 0 Å². The highest BCUT2D eigenvalue weighted by molar-refractivity contribution is 6.39. The quantitative estimate of drug-likeness (QED) is 0.187. The summed E-state index contributed by atoms with van der Waals surface area (Å²) in [7, 11) is 0. The molecule has 0 radical (unpaired) electrons. The Bertz CT molecular complexity index is 1630. The van der Waals surface area contributed by atoms with E-state index in [1.54, 1.807) is 24.3 Å². The molecule has 2 heterocycles. The van der Waals surface area contributed by atoms with Gasteiger partial charge in [0.25, 0.3) is 0 Å². The first-order chi connectivity index (χ1) is 18.8. The van der Waals surface area contributed by atoms with Crippen molar-refractivity contribution in [2.75, 3.05) is 5.32 Å². The zero-order chi connectivity index (χ0) is 27.5. The molecule has 0 amide bonds. The summed E-state index contributed by atoms with van der Waals surface area (Å²) in [5.41, 5.74) is 4.90. The molecule has 3 aromatic carbocycles. The van der Waals surface area contributed by atoms with Gasteiger partial charge in [-0.1, -0.05) is 72.5 Å². The second-order valence-electron chi connectivity index (χ2n) is 9.30. The Morgan fingerprint density at radius 3 is 2.41 bits per heavy atom. The van der Waals surface area contributed by atoms with Gasteiger partial charge < -0.3 is 19.7 Å². The number of halogens is 2. The van der Waals surface area contributed by atoms with Gasteiger partial charge >= 0.3 is 5.97 Å². The van der Waals surface area contributed by atoms with Crippen LogP contribution in [0, 0.1) is 0 Å². The summed E-state index contributed by atoms with van der Waals surface area (Å²) in [5, 5.41) is 18.6. The topological polar surface area (TPSA) is 97.5 Å². The fourth-order valence-corrected chi connectivity index (χ4v) is 4.80. The van der Waals surface area contributed by atoms with Crippen molar-refractivity contribution in [2.24, 2.45) is 0 Å². The van der Waals surface area contributed by atoms with E-state index in [-0.39, 0.29) is 18.2 Å². The van der Waals surface area contributed by atoms with Gasteiger partial charge in [0.05, 0.1) is 33.4 Å². The Morgan fingerprint density at radius 1 is 1.00 bits per heavy atom. The molecular weight excluding hydrogens is 537 g/mol. The number of carboxylic acid groups (broad SMARTS) is 1. The number of pyridine rings is 1. The number of nitrogens with one attached hydrogen (secondary N) is 1. The molecule has 5 aromatic rings. The van der Waals surface area contributed by atoms with Crippen LogP contribution in [0.15, 0.2) is 77.3 Å². The maximum Gasteiger partial charge on any atom is 0.354 e. The summed E-state index contributed by atoms with van der Waals surface area (Å²) in [6.45, 7) is 4.75. The van der Waals surface area contributed by atoms with E-state index in [1.165, 1.54) is 6.07 Å². The lowest BCUT2D eigenvalue weighted by atomic mass is 10.0.